The smallest absolute Gasteiger partial charge is 0.255 e. The Labute approximate surface area is 103 Å². The average Bonchev–Trinajstić information content (AvgIpc) is 2.74. The van der Waals surface area contributed by atoms with E-state index < -0.39 is 0 Å². The summed E-state index contributed by atoms with van der Waals surface area (Å²) in [5.41, 5.74) is 6.10. The van der Waals surface area contributed by atoms with E-state index in [4.69, 9.17) is 11.0 Å². The summed E-state index contributed by atoms with van der Waals surface area (Å²) < 4.78 is 1.41. The van der Waals surface area contributed by atoms with Gasteiger partial charge >= 0.3 is 0 Å². The average molecular weight is 248 g/mol. The summed E-state index contributed by atoms with van der Waals surface area (Å²) >= 11 is 1.57. The zero-order valence-corrected chi connectivity index (χ0v) is 10.2. The van der Waals surface area contributed by atoms with Gasteiger partial charge in [-0.25, -0.2) is 4.98 Å². The third-order valence-corrected chi connectivity index (χ3v) is 3.16. The van der Waals surface area contributed by atoms with Gasteiger partial charge in [0.25, 0.3) is 5.78 Å². The van der Waals surface area contributed by atoms with Crippen molar-refractivity contribution in [3.8, 4) is 6.07 Å². The van der Waals surface area contributed by atoms with Gasteiger partial charge in [0.1, 0.15) is 17.5 Å². The van der Waals surface area contributed by atoms with Gasteiger partial charge in [0.15, 0.2) is 0 Å². The normalized spacial score (nSPS) is 10.6. The van der Waals surface area contributed by atoms with Crippen molar-refractivity contribution in [2.24, 2.45) is 0 Å². The molecule has 0 radical (unpaired) electrons. The van der Waals surface area contributed by atoms with Crippen LogP contribution in [0, 0.1) is 11.3 Å². The first-order chi connectivity index (χ1) is 8.26. The van der Waals surface area contributed by atoms with Crippen molar-refractivity contribution >= 4 is 23.4 Å². The van der Waals surface area contributed by atoms with Crippen LogP contribution in [0.15, 0.2) is 11.4 Å². The van der Waals surface area contributed by atoms with Gasteiger partial charge in [-0.3, -0.25) is 0 Å². The molecular weight excluding hydrogens is 236 g/mol. The summed E-state index contributed by atoms with van der Waals surface area (Å²) in [4.78, 5) is 8.27. The Kier molecular flexibility index (Phi) is 3.44. The molecule has 0 aliphatic rings. The Bertz CT molecular complexity index is 570. The third-order valence-electron chi connectivity index (χ3n) is 2.23. The van der Waals surface area contributed by atoms with Gasteiger partial charge in [-0.15, -0.1) is 5.10 Å². The number of aromatic nitrogens is 4. The Hall–Kier alpha value is -1.81. The molecule has 0 bridgehead atoms. The first-order valence-electron chi connectivity index (χ1n) is 5.30. The van der Waals surface area contributed by atoms with Gasteiger partial charge in [0.2, 0.25) is 5.16 Å². The molecule has 2 rings (SSSR count). The zero-order chi connectivity index (χ0) is 12.3. The molecule has 88 valence electrons. The molecule has 2 aromatic rings. The highest BCUT2D eigenvalue weighted by atomic mass is 32.2. The third kappa shape index (κ3) is 2.31. The molecule has 0 saturated carbocycles. The van der Waals surface area contributed by atoms with Crippen LogP contribution in [0.1, 0.15) is 25.3 Å². The SMILES string of the molecule is CCCCSc1nc2ncc(C#N)c(N)n2n1. The molecule has 0 atom stereocenters. The molecular formula is C10H12N6S. The Morgan fingerprint density at radius 3 is 3.12 bits per heavy atom. The summed E-state index contributed by atoms with van der Waals surface area (Å²) in [7, 11) is 0. The lowest BCUT2D eigenvalue weighted by molar-refractivity contribution is 0.872. The van der Waals surface area contributed by atoms with Gasteiger partial charge < -0.3 is 5.73 Å². The van der Waals surface area contributed by atoms with Crippen LogP contribution in [-0.2, 0) is 0 Å². The topological polar surface area (TPSA) is 92.9 Å². The van der Waals surface area contributed by atoms with E-state index in [1.165, 1.54) is 10.7 Å². The van der Waals surface area contributed by atoms with E-state index in [0.29, 0.717) is 16.5 Å². The highest BCUT2D eigenvalue weighted by molar-refractivity contribution is 7.99. The van der Waals surface area contributed by atoms with E-state index in [-0.39, 0.29) is 5.82 Å². The minimum absolute atomic E-state index is 0.285. The quantitative estimate of drug-likeness (QED) is 0.650. The minimum atomic E-state index is 0.285. The van der Waals surface area contributed by atoms with Crippen molar-refractivity contribution in [2.45, 2.75) is 24.9 Å². The van der Waals surface area contributed by atoms with Crippen LogP contribution < -0.4 is 5.73 Å². The number of rotatable bonds is 4. The summed E-state index contributed by atoms with van der Waals surface area (Å²) in [6, 6.07) is 1.97. The lowest BCUT2D eigenvalue weighted by atomic mass is 10.3. The van der Waals surface area contributed by atoms with E-state index in [1.807, 2.05) is 6.07 Å². The van der Waals surface area contributed by atoms with Crippen LogP contribution in [-0.4, -0.2) is 25.3 Å². The van der Waals surface area contributed by atoms with Gasteiger partial charge in [-0.05, 0) is 6.42 Å². The Morgan fingerprint density at radius 1 is 1.59 bits per heavy atom. The van der Waals surface area contributed by atoms with Crippen molar-refractivity contribution < 1.29 is 0 Å². The van der Waals surface area contributed by atoms with Crippen molar-refractivity contribution in [1.82, 2.24) is 19.6 Å². The standard InChI is InChI=1S/C10H12N6S/c1-2-3-4-17-10-14-9-13-6-7(5-11)8(12)16(9)15-10/h6H,2-4,12H2,1H3. The molecule has 0 aliphatic carbocycles. The predicted molar refractivity (Wildman–Crippen MR) is 65.5 cm³/mol. The van der Waals surface area contributed by atoms with E-state index in [0.717, 1.165) is 18.6 Å². The van der Waals surface area contributed by atoms with Gasteiger partial charge in [0, 0.05) is 5.75 Å². The molecule has 0 amide bonds. The van der Waals surface area contributed by atoms with Gasteiger partial charge in [-0.2, -0.15) is 14.8 Å². The van der Waals surface area contributed by atoms with Crippen molar-refractivity contribution in [3.05, 3.63) is 11.8 Å². The van der Waals surface area contributed by atoms with Crippen molar-refractivity contribution in [1.29, 1.82) is 5.26 Å². The number of unbranched alkanes of at least 4 members (excludes halogenated alkanes) is 1. The fourth-order valence-electron chi connectivity index (χ4n) is 1.29. The monoisotopic (exact) mass is 248 g/mol. The lowest BCUT2D eigenvalue weighted by Gasteiger charge is -1.97. The largest absolute Gasteiger partial charge is 0.382 e. The van der Waals surface area contributed by atoms with Crippen molar-refractivity contribution in [3.63, 3.8) is 0 Å². The Balaban J connectivity index is 2.31. The van der Waals surface area contributed by atoms with E-state index in [2.05, 4.69) is 22.0 Å². The number of anilines is 1. The fourth-order valence-corrected chi connectivity index (χ4v) is 2.19. The molecule has 0 saturated heterocycles. The summed E-state index contributed by atoms with van der Waals surface area (Å²) in [5, 5.41) is 13.7. The number of nitrogen functional groups attached to an aromatic ring is 1. The summed E-state index contributed by atoms with van der Waals surface area (Å²) in [5.74, 6) is 1.69. The summed E-state index contributed by atoms with van der Waals surface area (Å²) in [6.07, 6.45) is 3.67. The summed E-state index contributed by atoms with van der Waals surface area (Å²) in [6.45, 7) is 2.14. The maximum Gasteiger partial charge on any atom is 0.255 e. The number of nitrogens with two attached hydrogens (primary N) is 1. The Morgan fingerprint density at radius 2 is 2.41 bits per heavy atom. The van der Waals surface area contributed by atoms with Crippen LogP contribution in [0.3, 0.4) is 0 Å². The molecule has 6 nitrogen and oxygen atoms in total. The predicted octanol–water partition coefficient (Wildman–Crippen LogP) is 1.47. The second-order valence-electron chi connectivity index (χ2n) is 3.48. The fraction of sp³-hybridized carbons (Fsp3) is 0.400. The van der Waals surface area contributed by atoms with Crippen LogP contribution >= 0.6 is 11.8 Å². The molecule has 0 unspecified atom stereocenters. The first-order valence-corrected chi connectivity index (χ1v) is 6.29. The molecule has 0 aromatic carbocycles. The lowest BCUT2D eigenvalue weighted by Crippen LogP contribution is -2.03. The van der Waals surface area contributed by atoms with E-state index >= 15 is 0 Å². The van der Waals surface area contributed by atoms with Crippen LogP contribution in [0.2, 0.25) is 0 Å². The minimum Gasteiger partial charge on any atom is -0.382 e. The molecule has 0 aliphatic heterocycles. The number of nitrogens with zero attached hydrogens (tertiary/aromatic N) is 5. The second kappa shape index (κ2) is 5.01. The molecule has 2 aromatic heterocycles. The molecule has 0 fully saturated rings. The molecule has 2 N–H and O–H groups in total. The van der Waals surface area contributed by atoms with Gasteiger partial charge in [-0.1, -0.05) is 25.1 Å². The maximum absolute atomic E-state index is 8.82. The van der Waals surface area contributed by atoms with E-state index in [9.17, 15) is 0 Å². The number of hydrogen-bond donors (Lipinski definition) is 1. The van der Waals surface area contributed by atoms with Crippen molar-refractivity contribution in [2.75, 3.05) is 11.5 Å². The number of hydrogen-bond acceptors (Lipinski definition) is 6. The molecule has 7 heteroatoms. The maximum atomic E-state index is 8.82. The zero-order valence-electron chi connectivity index (χ0n) is 9.42. The molecule has 2 heterocycles. The highest BCUT2D eigenvalue weighted by Gasteiger charge is 2.10. The number of nitriles is 1. The second-order valence-corrected chi connectivity index (χ2v) is 4.54. The van der Waals surface area contributed by atoms with Crippen LogP contribution in [0.25, 0.3) is 5.78 Å². The number of thioether (sulfide) groups is 1. The first kappa shape index (κ1) is 11.7. The number of fused-ring (bicyclic) bond motifs is 1. The molecule has 0 spiro atoms. The van der Waals surface area contributed by atoms with E-state index in [1.54, 1.807) is 11.8 Å². The highest BCUT2D eigenvalue weighted by Crippen LogP contribution is 2.18. The van der Waals surface area contributed by atoms with Crippen LogP contribution in [0.5, 0.6) is 0 Å². The molecule has 17 heavy (non-hydrogen) atoms. The van der Waals surface area contributed by atoms with Crippen LogP contribution in [0.4, 0.5) is 5.82 Å². The van der Waals surface area contributed by atoms with Gasteiger partial charge in [0.05, 0.1) is 6.20 Å².